The van der Waals surface area contributed by atoms with Gasteiger partial charge in [-0.05, 0) is 31.0 Å². The van der Waals surface area contributed by atoms with Gasteiger partial charge >= 0.3 is 12.1 Å². The smallest absolute Gasteiger partial charge is 0.373 e. The van der Waals surface area contributed by atoms with Crippen LogP contribution in [0.4, 0.5) is 4.39 Å². The lowest BCUT2D eigenvalue weighted by Crippen LogP contribution is -2.19. The molecule has 0 aromatic heterocycles. The Balaban J connectivity index is 0.00000135. The fourth-order valence-corrected chi connectivity index (χ4v) is 1.54. The van der Waals surface area contributed by atoms with Crippen LogP contribution < -0.4 is 0 Å². The summed E-state index contributed by atoms with van der Waals surface area (Å²) < 4.78 is 23.3. The molecule has 0 bridgehead atoms. The summed E-state index contributed by atoms with van der Waals surface area (Å²) in [6.07, 6.45) is 4.13. The SMILES string of the molecule is CC/C=C/COC(C(=O)OCC)c1ccc(F)cc1.O=C=O. The predicted octanol–water partition coefficient (Wildman–Crippen LogP) is 2.83. The summed E-state index contributed by atoms with van der Waals surface area (Å²) in [5, 5.41) is 0. The van der Waals surface area contributed by atoms with Gasteiger partial charge in [0.25, 0.3) is 0 Å². The Morgan fingerprint density at radius 2 is 1.82 bits per heavy atom. The molecule has 0 saturated heterocycles. The second-order valence-corrected chi connectivity index (χ2v) is 3.98. The van der Waals surface area contributed by atoms with E-state index in [9.17, 15) is 9.18 Å². The first-order chi connectivity index (χ1) is 10.6. The number of esters is 1. The van der Waals surface area contributed by atoms with Crippen LogP contribution in [0.25, 0.3) is 0 Å². The van der Waals surface area contributed by atoms with Crippen LogP contribution in [0, 0.1) is 5.82 Å². The highest BCUT2D eigenvalue weighted by Gasteiger charge is 2.22. The molecule has 1 aromatic rings. The molecule has 0 radical (unpaired) electrons. The summed E-state index contributed by atoms with van der Waals surface area (Å²) >= 11 is 0. The van der Waals surface area contributed by atoms with E-state index < -0.39 is 12.1 Å². The van der Waals surface area contributed by atoms with Gasteiger partial charge < -0.3 is 9.47 Å². The van der Waals surface area contributed by atoms with Crippen LogP contribution in [0.3, 0.4) is 0 Å². The quantitative estimate of drug-likeness (QED) is 0.572. The highest BCUT2D eigenvalue weighted by Crippen LogP contribution is 2.19. The molecule has 0 aliphatic heterocycles. The number of rotatable bonds is 7. The van der Waals surface area contributed by atoms with Crippen molar-refractivity contribution in [3.05, 3.63) is 47.8 Å². The average Bonchev–Trinajstić information content (AvgIpc) is 2.50. The van der Waals surface area contributed by atoms with Crippen LogP contribution in [-0.2, 0) is 23.9 Å². The van der Waals surface area contributed by atoms with Crippen molar-refractivity contribution >= 4 is 12.1 Å². The maximum Gasteiger partial charge on any atom is 0.373 e. The van der Waals surface area contributed by atoms with Crippen LogP contribution in [0.5, 0.6) is 0 Å². The molecule has 1 rings (SSSR count). The molecule has 0 fully saturated rings. The number of hydrogen-bond acceptors (Lipinski definition) is 5. The van der Waals surface area contributed by atoms with E-state index in [0.29, 0.717) is 12.2 Å². The molecule has 22 heavy (non-hydrogen) atoms. The fourth-order valence-electron chi connectivity index (χ4n) is 1.54. The van der Waals surface area contributed by atoms with E-state index in [-0.39, 0.29) is 18.6 Å². The number of benzene rings is 1. The summed E-state index contributed by atoms with van der Waals surface area (Å²) in [5.41, 5.74) is 0.588. The summed E-state index contributed by atoms with van der Waals surface area (Å²) in [7, 11) is 0. The summed E-state index contributed by atoms with van der Waals surface area (Å²) in [4.78, 5) is 28.1. The van der Waals surface area contributed by atoms with Crippen molar-refractivity contribution in [3.63, 3.8) is 0 Å². The lowest BCUT2D eigenvalue weighted by molar-refractivity contribution is -0.191. The molecule has 0 amide bonds. The molecular formula is C16H19FO5. The van der Waals surface area contributed by atoms with E-state index in [1.807, 2.05) is 19.1 Å². The average molecular weight is 310 g/mol. The van der Waals surface area contributed by atoms with Crippen LogP contribution in [0.1, 0.15) is 31.9 Å². The number of halogens is 1. The normalized spacial score (nSPS) is 11.2. The molecule has 0 aliphatic rings. The standard InChI is InChI=1S/C15H19FO3.CO2/c1-3-5-6-11-19-14(15(17)18-4-2)12-7-9-13(16)10-8-12;2-1-3/h5-10,14H,3-4,11H2,1-2H3;/b6-5+;. The van der Waals surface area contributed by atoms with Crippen molar-refractivity contribution in [2.24, 2.45) is 0 Å². The summed E-state index contributed by atoms with van der Waals surface area (Å²) in [6.45, 7) is 4.34. The van der Waals surface area contributed by atoms with Gasteiger partial charge in [-0.3, -0.25) is 0 Å². The second-order valence-electron chi connectivity index (χ2n) is 3.98. The van der Waals surface area contributed by atoms with Crippen molar-refractivity contribution < 1.29 is 28.2 Å². The Hall–Kier alpha value is -2.30. The zero-order valence-corrected chi connectivity index (χ0v) is 12.6. The fraction of sp³-hybridized carbons (Fsp3) is 0.375. The molecule has 120 valence electrons. The number of allylic oxidation sites excluding steroid dienone is 1. The Labute approximate surface area is 128 Å². The zero-order valence-electron chi connectivity index (χ0n) is 12.6. The molecule has 0 heterocycles. The maximum absolute atomic E-state index is 12.9. The Bertz CT molecular complexity index is 490. The molecule has 1 aromatic carbocycles. The molecule has 0 aliphatic carbocycles. The first kappa shape index (κ1) is 19.7. The first-order valence-electron chi connectivity index (χ1n) is 6.78. The molecule has 0 spiro atoms. The predicted molar refractivity (Wildman–Crippen MR) is 76.2 cm³/mol. The minimum Gasteiger partial charge on any atom is -0.464 e. The van der Waals surface area contributed by atoms with E-state index in [2.05, 4.69) is 0 Å². The third kappa shape index (κ3) is 8.09. The van der Waals surface area contributed by atoms with Crippen molar-refractivity contribution in [3.8, 4) is 0 Å². The lowest BCUT2D eigenvalue weighted by Gasteiger charge is -2.15. The van der Waals surface area contributed by atoms with Crippen molar-refractivity contribution in [1.82, 2.24) is 0 Å². The van der Waals surface area contributed by atoms with Crippen LogP contribution in [0.15, 0.2) is 36.4 Å². The summed E-state index contributed by atoms with van der Waals surface area (Å²) in [5.74, 6) is -0.809. The van der Waals surface area contributed by atoms with Crippen molar-refractivity contribution in [1.29, 1.82) is 0 Å². The number of carbonyl (C=O) groups is 1. The largest absolute Gasteiger partial charge is 0.464 e. The Kier molecular flexibility index (Phi) is 11.1. The maximum atomic E-state index is 12.9. The molecule has 6 heteroatoms. The van der Waals surface area contributed by atoms with Gasteiger partial charge in [-0.15, -0.1) is 0 Å². The highest BCUT2D eigenvalue weighted by atomic mass is 19.1. The van der Waals surface area contributed by atoms with Gasteiger partial charge in [-0.2, -0.15) is 9.59 Å². The highest BCUT2D eigenvalue weighted by molar-refractivity contribution is 5.76. The van der Waals surface area contributed by atoms with E-state index in [1.165, 1.54) is 24.3 Å². The topological polar surface area (TPSA) is 69.7 Å². The zero-order chi connectivity index (χ0) is 16.8. The van der Waals surface area contributed by atoms with Crippen LogP contribution >= 0.6 is 0 Å². The molecule has 0 saturated carbocycles. The lowest BCUT2D eigenvalue weighted by atomic mass is 10.1. The molecule has 0 N–H and O–H groups in total. The molecule has 1 unspecified atom stereocenters. The minimum absolute atomic E-state index is 0.250. The van der Waals surface area contributed by atoms with Gasteiger partial charge in [0, 0.05) is 0 Å². The van der Waals surface area contributed by atoms with Gasteiger partial charge in [0.05, 0.1) is 13.2 Å². The third-order valence-electron chi connectivity index (χ3n) is 2.43. The Morgan fingerprint density at radius 3 is 2.32 bits per heavy atom. The van der Waals surface area contributed by atoms with Crippen molar-refractivity contribution in [2.75, 3.05) is 13.2 Å². The number of ether oxygens (including phenoxy) is 2. The van der Waals surface area contributed by atoms with Gasteiger partial charge in [0.2, 0.25) is 0 Å². The van der Waals surface area contributed by atoms with Crippen LogP contribution in [-0.4, -0.2) is 25.3 Å². The second kappa shape index (κ2) is 12.4. The minimum atomic E-state index is -0.818. The molecule has 5 nitrogen and oxygen atoms in total. The number of carbonyl (C=O) groups excluding carboxylic acids is 3. The first-order valence-corrected chi connectivity index (χ1v) is 6.78. The van der Waals surface area contributed by atoms with Gasteiger partial charge in [0.1, 0.15) is 5.82 Å². The van der Waals surface area contributed by atoms with Gasteiger partial charge in [0.15, 0.2) is 6.10 Å². The van der Waals surface area contributed by atoms with E-state index in [1.54, 1.807) is 6.92 Å². The molecule has 1 atom stereocenters. The molecular weight excluding hydrogens is 291 g/mol. The van der Waals surface area contributed by atoms with E-state index >= 15 is 0 Å². The monoisotopic (exact) mass is 310 g/mol. The Morgan fingerprint density at radius 1 is 1.23 bits per heavy atom. The summed E-state index contributed by atoms with van der Waals surface area (Å²) in [6, 6.07) is 5.65. The third-order valence-corrected chi connectivity index (χ3v) is 2.43. The van der Waals surface area contributed by atoms with Gasteiger partial charge in [-0.25, -0.2) is 9.18 Å². The van der Waals surface area contributed by atoms with Crippen molar-refractivity contribution in [2.45, 2.75) is 26.4 Å². The van der Waals surface area contributed by atoms with E-state index in [0.717, 1.165) is 6.42 Å². The number of hydrogen-bond donors (Lipinski definition) is 0. The van der Waals surface area contributed by atoms with Crippen LogP contribution in [0.2, 0.25) is 0 Å². The van der Waals surface area contributed by atoms with E-state index in [4.69, 9.17) is 19.1 Å². The van der Waals surface area contributed by atoms with Gasteiger partial charge in [-0.1, -0.05) is 31.2 Å².